The van der Waals surface area contributed by atoms with Crippen molar-refractivity contribution in [1.29, 1.82) is 0 Å². The number of carbonyl (C=O) groups is 2. The van der Waals surface area contributed by atoms with E-state index in [0.29, 0.717) is 32.8 Å². The van der Waals surface area contributed by atoms with Gasteiger partial charge in [0, 0.05) is 23.3 Å². The van der Waals surface area contributed by atoms with Gasteiger partial charge in [0.2, 0.25) is 0 Å². The first-order valence-electron chi connectivity index (χ1n) is 10.3. The number of carbonyl (C=O) groups excluding carboxylic acids is 2. The van der Waals surface area contributed by atoms with Gasteiger partial charge in [-0.05, 0) is 30.0 Å². The average molecular weight is 471 g/mol. The molecule has 0 spiro atoms. The van der Waals surface area contributed by atoms with Crippen LogP contribution in [-0.4, -0.2) is 48.4 Å². The topological polar surface area (TPSA) is 80.0 Å². The molecule has 1 N–H and O–H groups in total. The summed E-state index contributed by atoms with van der Waals surface area (Å²) in [4.78, 5) is 31.8. The van der Waals surface area contributed by atoms with Crippen LogP contribution < -0.4 is 5.43 Å². The third-order valence-corrected chi connectivity index (χ3v) is 7.64. The fourth-order valence-electron chi connectivity index (χ4n) is 4.00. The van der Waals surface area contributed by atoms with E-state index in [-0.39, 0.29) is 11.8 Å². The van der Waals surface area contributed by atoms with E-state index in [1.165, 1.54) is 16.0 Å². The Kier molecular flexibility index (Phi) is 5.44. The van der Waals surface area contributed by atoms with Crippen molar-refractivity contribution in [2.24, 2.45) is 10.9 Å². The third kappa shape index (κ3) is 3.39. The normalized spacial score (nSPS) is 20.9. The first-order valence-corrected chi connectivity index (χ1v) is 11.5. The van der Waals surface area contributed by atoms with Crippen molar-refractivity contribution in [3.8, 4) is 0 Å². The van der Waals surface area contributed by atoms with Crippen LogP contribution in [0.1, 0.15) is 28.9 Å². The van der Waals surface area contributed by atoms with Crippen molar-refractivity contribution in [3.05, 3.63) is 57.6 Å². The number of benzene rings is 1. The lowest BCUT2D eigenvalue weighted by atomic mass is 9.83. The lowest BCUT2D eigenvalue weighted by Crippen LogP contribution is -2.49. The molecule has 1 aromatic carbocycles. The Hall–Kier alpha value is -2.81. The molecule has 7 nitrogen and oxygen atoms in total. The highest BCUT2D eigenvalue weighted by Crippen LogP contribution is 2.35. The minimum Gasteiger partial charge on any atom is -0.498 e. The van der Waals surface area contributed by atoms with Crippen molar-refractivity contribution < 1.29 is 23.7 Å². The maximum absolute atomic E-state index is 13.5. The van der Waals surface area contributed by atoms with Gasteiger partial charge in [-0.1, -0.05) is 40.9 Å². The molecule has 1 aromatic heterocycles. The number of hydrogen-bond donors (Lipinski definition) is 1. The summed E-state index contributed by atoms with van der Waals surface area (Å²) in [6.45, 7) is 0. The molecule has 2 amide bonds. The summed E-state index contributed by atoms with van der Waals surface area (Å²) in [5.74, 6) is 0.432. The number of amidine groups is 1. The standard InChI is InChI=1S/C23H20ClN3O4S/c1-30-16-10-14-15(11-17(16)31-2)25-21(12-6-5-7-12)27(23(14)29)26-22(28)20-19(24)13-8-3-4-9-18(13)32-20/h3-4,8-12,16H,5-7H2,1-2H3/p+1. The van der Waals surface area contributed by atoms with Gasteiger partial charge in [0.15, 0.2) is 5.71 Å². The minimum atomic E-state index is -0.502. The van der Waals surface area contributed by atoms with E-state index in [9.17, 15) is 9.59 Å². The number of rotatable bonds is 5. The number of halogens is 1. The lowest BCUT2D eigenvalue weighted by Gasteiger charge is -2.26. The van der Waals surface area contributed by atoms with E-state index in [1.54, 1.807) is 26.4 Å². The van der Waals surface area contributed by atoms with Gasteiger partial charge in [-0.25, -0.2) is 4.79 Å². The number of aliphatic imine (C=N–C) groups is 1. The molecule has 1 fully saturated rings. The Labute approximate surface area is 193 Å². The second kappa shape index (κ2) is 8.27. The molecular formula is C23H21ClN3O4S+. The smallest absolute Gasteiger partial charge is 0.368 e. The number of hydrazine groups is 1. The number of methoxy groups -OCH3 is 2. The monoisotopic (exact) mass is 470 g/mol. The van der Waals surface area contributed by atoms with Crippen LogP contribution in [0.3, 0.4) is 0 Å². The molecule has 2 heterocycles. The summed E-state index contributed by atoms with van der Waals surface area (Å²) < 4.78 is 13.0. The summed E-state index contributed by atoms with van der Waals surface area (Å²) >= 11 is 7.78. The molecule has 0 bridgehead atoms. The van der Waals surface area contributed by atoms with Crippen molar-refractivity contribution in [1.82, 2.24) is 5.43 Å². The summed E-state index contributed by atoms with van der Waals surface area (Å²) in [5, 5.41) is 1.19. The number of fused-ring (bicyclic) bond motifs is 2. The van der Waals surface area contributed by atoms with Gasteiger partial charge in [-0.3, -0.25) is 4.79 Å². The van der Waals surface area contributed by atoms with E-state index in [2.05, 4.69) is 5.43 Å². The van der Waals surface area contributed by atoms with E-state index < -0.39 is 12.0 Å². The molecule has 1 saturated carbocycles. The molecule has 0 saturated heterocycles. The van der Waals surface area contributed by atoms with Crippen molar-refractivity contribution in [2.75, 3.05) is 14.2 Å². The molecule has 1 aliphatic heterocycles. The molecule has 164 valence electrons. The van der Waals surface area contributed by atoms with Crippen LogP contribution in [-0.2, 0) is 14.3 Å². The summed E-state index contributed by atoms with van der Waals surface area (Å²) in [6.07, 6.45) is 5.78. The number of allylic oxidation sites excluding steroid dienone is 1. The Morgan fingerprint density at radius 3 is 2.72 bits per heavy atom. The van der Waals surface area contributed by atoms with E-state index in [1.807, 2.05) is 24.3 Å². The second-order valence-corrected chi connectivity index (χ2v) is 9.22. The fourth-order valence-corrected chi connectivity index (χ4v) is 5.41. The Morgan fingerprint density at radius 1 is 1.28 bits per heavy atom. The number of amides is 2. The molecule has 9 heteroatoms. The van der Waals surface area contributed by atoms with Gasteiger partial charge in [0.25, 0.3) is 5.91 Å². The van der Waals surface area contributed by atoms with Crippen LogP contribution in [0.4, 0.5) is 0 Å². The number of ether oxygens (including phenoxy) is 2. The third-order valence-electron chi connectivity index (χ3n) is 5.97. The molecule has 5 rings (SSSR count). The van der Waals surface area contributed by atoms with Crippen molar-refractivity contribution >= 4 is 56.4 Å². The van der Waals surface area contributed by atoms with Crippen LogP contribution in [0.15, 0.2) is 52.7 Å². The summed E-state index contributed by atoms with van der Waals surface area (Å²) in [6, 6.07) is 7.55. The van der Waals surface area contributed by atoms with Gasteiger partial charge in [-0.15, -0.1) is 11.3 Å². The van der Waals surface area contributed by atoms with E-state index >= 15 is 0 Å². The van der Waals surface area contributed by atoms with Gasteiger partial charge < -0.3 is 9.47 Å². The number of hydrazone groups is 1. The number of thiophene rings is 1. The fraction of sp³-hybridized carbons (Fsp3) is 0.304. The SMILES string of the molecule is COC1=CC2=NC(C3CCC3)=[N+](NC(=O)c3sc4ccccc4c3Cl)C(=O)C2=CC1OC. The highest BCUT2D eigenvalue weighted by atomic mass is 35.5. The maximum atomic E-state index is 13.5. The van der Waals surface area contributed by atoms with E-state index in [4.69, 9.17) is 26.1 Å². The zero-order valence-corrected chi connectivity index (χ0v) is 19.1. The number of nitrogens with zero attached hydrogens (tertiary/aromatic N) is 2. The molecule has 32 heavy (non-hydrogen) atoms. The average Bonchev–Trinajstić information content (AvgIpc) is 3.11. The largest absolute Gasteiger partial charge is 0.498 e. The van der Waals surface area contributed by atoms with Gasteiger partial charge >= 0.3 is 11.7 Å². The van der Waals surface area contributed by atoms with Gasteiger partial charge in [0.1, 0.15) is 22.3 Å². The first-order chi connectivity index (χ1) is 15.5. The van der Waals surface area contributed by atoms with Crippen LogP contribution in [0.25, 0.3) is 10.1 Å². The van der Waals surface area contributed by atoms with Gasteiger partial charge in [0.05, 0.1) is 18.1 Å². The Morgan fingerprint density at radius 2 is 2.06 bits per heavy atom. The summed E-state index contributed by atoms with van der Waals surface area (Å²) in [7, 11) is 3.10. The highest BCUT2D eigenvalue weighted by Gasteiger charge is 2.44. The van der Waals surface area contributed by atoms with Crippen LogP contribution in [0.5, 0.6) is 0 Å². The van der Waals surface area contributed by atoms with Crippen LogP contribution in [0.2, 0.25) is 5.02 Å². The molecule has 0 radical (unpaired) electrons. The zero-order valence-electron chi connectivity index (χ0n) is 17.6. The molecule has 1 unspecified atom stereocenters. The Balaban J connectivity index is 1.56. The zero-order chi connectivity index (χ0) is 22.4. The highest BCUT2D eigenvalue weighted by molar-refractivity contribution is 7.21. The first kappa shape index (κ1) is 21.1. The van der Waals surface area contributed by atoms with Crippen molar-refractivity contribution in [3.63, 3.8) is 0 Å². The number of hydrogen-bond acceptors (Lipinski definition) is 6. The molecule has 1 atom stereocenters. The van der Waals surface area contributed by atoms with Crippen LogP contribution in [0, 0.1) is 5.92 Å². The van der Waals surface area contributed by atoms with Crippen LogP contribution >= 0.6 is 22.9 Å². The predicted molar refractivity (Wildman–Crippen MR) is 123 cm³/mol. The lowest BCUT2D eigenvalue weighted by molar-refractivity contribution is -0.493. The molecule has 2 aromatic rings. The molecule has 2 aliphatic carbocycles. The summed E-state index contributed by atoms with van der Waals surface area (Å²) in [5.41, 5.74) is 3.66. The quantitative estimate of drug-likeness (QED) is 0.672. The minimum absolute atomic E-state index is 0.103. The van der Waals surface area contributed by atoms with Gasteiger partial charge in [-0.2, -0.15) is 5.43 Å². The Bertz CT molecular complexity index is 1270. The van der Waals surface area contributed by atoms with Crippen molar-refractivity contribution in [2.45, 2.75) is 25.4 Å². The molecule has 3 aliphatic rings. The maximum Gasteiger partial charge on any atom is 0.368 e. The second-order valence-electron chi connectivity index (χ2n) is 7.79. The van der Waals surface area contributed by atoms with E-state index in [0.717, 1.165) is 29.3 Å². The molecular weight excluding hydrogens is 450 g/mol. The number of nitrogens with one attached hydrogen (secondary N) is 1. The predicted octanol–water partition coefficient (Wildman–Crippen LogP) is 3.88.